The third-order valence-corrected chi connectivity index (χ3v) is 2.47. The number of benzene rings is 1. The molecule has 5 heteroatoms. The Bertz CT molecular complexity index is 582. The molecule has 0 spiro atoms. The van der Waals surface area contributed by atoms with Crippen molar-refractivity contribution >= 4 is 11.8 Å². The largest absolute Gasteiger partial charge is 0.473 e. The maximum atomic E-state index is 12.0. The van der Waals surface area contributed by atoms with E-state index >= 15 is 0 Å². The first-order valence-electron chi connectivity index (χ1n) is 5.33. The number of nitrogens with zero attached hydrogens (tertiary/aromatic N) is 2. The van der Waals surface area contributed by atoms with Gasteiger partial charge in [-0.15, -0.1) is 0 Å². The van der Waals surface area contributed by atoms with E-state index < -0.39 is 5.97 Å². The van der Waals surface area contributed by atoms with E-state index in [9.17, 15) is 9.59 Å². The van der Waals surface area contributed by atoms with Gasteiger partial charge in [-0.2, -0.15) is 4.57 Å². The number of aromatic nitrogens is 2. The molecular formula is C13H11N2O3+. The van der Waals surface area contributed by atoms with Crippen LogP contribution in [0.3, 0.4) is 0 Å². The predicted molar refractivity (Wildman–Crippen MR) is 62.2 cm³/mol. The molecule has 0 aliphatic heterocycles. The number of hydrogen-bond donors (Lipinski definition) is 1. The van der Waals surface area contributed by atoms with Crippen molar-refractivity contribution in [1.82, 2.24) is 4.98 Å². The van der Waals surface area contributed by atoms with Gasteiger partial charge in [-0.05, 0) is 0 Å². The SMILES string of the molecule is O=C(C[n+]1ccncc1C(=O)O)c1ccccc1. The Morgan fingerprint density at radius 1 is 1.22 bits per heavy atom. The van der Waals surface area contributed by atoms with E-state index in [1.165, 1.54) is 23.2 Å². The highest BCUT2D eigenvalue weighted by Gasteiger charge is 2.21. The van der Waals surface area contributed by atoms with Crippen molar-refractivity contribution in [1.29, 1.82) is 0 Å². The number of carbonyl (C=O) groups is 2. The molecule has 0 unspecified atom stereocenters. The molecule has 0 radical (unpaired) electrons. The van der Waals surface area contributed by atoms with Gasteiger partial charge >= 0.3 is 11.7 Å². The van der Waals surface area contributed by atoms with Gasteiger partial charge in [0.1, 0.15) is 6.20 Å². The Kier molecular flexibility index (Phi) is 3.43. The minimum absolute atomic E-state index is 0.0122. The number of rotatable bonds is 4. The fraction of sp³-hybridized carbons (Fsp3) is 0.0769. The third-order valence-electron chi connectivity index (χ3n) is 2.47. The summed E-state index contributed by atoms with van der Waals surface area (Å²) < 4.78 is 1.37. The van der Waals surface area contributed by atoms with Crippen LogP contribution in [0.2, 0.25) is 0 Å². The summed E-state index contributed by atoms with van der Waals surface area (Å²) in [6.45, 7) is -0.0197. The molecular weight excluding hydrogens is 232 g/mol. The Balaban J connectivity index is 2.25. The van der Waals surface area contributed by atoms with E-state index in [-0.39, 0.29) is 18.0 Å². The maximum absolute atomic E-state index is 12.0. The topological polar surface area (TPSA) is 71.1 Å². The van der Waals surface area contributed by atoms with Gasteiger partial charge in [-0.1, -0.05) is 30.3 Å². The van der Waals surface area contributed by atoms with E-state index in [2.05, 4.69) is 4.98 Å². The Hall–Kier alpha value is -2.56. The molecule has 0 saturated carbocycles. The van der Waals surface area contributed by atoms with Crippen LogP contribution >= 0.6 is 0 Å². The second kappa shape index (κ2) is 5.18. The second-order valence-corrected chi connectivity index (χ2v) is 3.68. The van der Waals surface area contributed by atoms with Crippen molar-refractivity contribution in [2.75, 3.05) is 0 Å². The average Bonchev–Trinajstić information content (AvgIpc) is 2.40. The van der Waals surface area contributed by atoms with Crippen LogP contribution in [0.4, 0.5) is 0 Å². The van der Waals surface area contributed by atoms with Crippen molar-refractivity contribution in [2.45, 2.75) is 6.54 Å². The monoisotopic (exact) mass is 243 g/mol. The predicted octanol–water partition coefficient (Wildman–Crippen LogP) is 0.950. The molecule has 1 aromatic carbocycles. The van der Waals surface area contributed by atoms with E-state index in [0.717, 1.165) is 0 Å². The van der Waals surface area contributed by atoms with E-state index in [1.54, 1.807) is 24.3 Å². The van der Waals surface area contributed by atoms with Crippen LogP contribution in [0.15, 0.2) is 48.9 Å². The van der Waals surface area contributed by atoms with Gasteiger partial charge < -0.3 is 5.11 Å². The minimum Gasteiger partial charge on any atom is -0.473 e. The summed E-state index contributed by atoms with van der Waals surface area (Å²) in [5.74, 6) is -1.25. The lowest BCUT2D eigenvalue weighted by Crippen LogP contribution is -2.43. The van der Waals surface area contributed by atoms with Crippen LogP contribution in [0.25, 0.3) is 0 Å². The first kappa shape index (κ1) is 11.9. The van der Waals surface area contributed by atoms with Gasteiger partial charge in [0.15, 0.2) is 6.20 Å². The summed E-state index contributed by atoms with van der Waals surface area (Å²) in [5, 5.41) is 8.98. The fourth-order valence-corrected chi connectivity index (χ4v) is 1.57. The first-order chi connectivity index (χ1) is 8.68. The lowest BCUT2D eigenvalue weighted by atomic mass is 10.1. The highest BCUT2D eigenvalue weighted by Crippen LogP contribution is 2.00. The van der Waals surface area contributed by atoms with Crippen molar-refractivity contribution in [3.63, 3.8) is 0 Å². The Morgan fingerprint density at radius 2 is 1.94 bits per heavy atom. The van der Waals surface area contributed by atoms with Crippen molar-refractivity contribution in [2.24, 2.45) is 0 Å². The normalized spacial score (nSPS) is 10.0. The van der Waals surface area contributed by atoms with Crippen molar-refractivity contribution in [3.05, 3.63) is 60.2 Å². The molecule has 5 nitrogen and oxygen atoms in total. The summed E-state index contributed by atoms with van der Waals surface area (Å²) >= 11 is 0. The molecule has 2 rings (SSSR count). The first-order valence-corrected chi connectivity index (χ1v) is 5.33. The van der Waals surface area contributed by atoms with E-state index in [0.29, 0.717) is 5.56 Å². The Labute approximate surface area is 103 Å². The summed E-state index contributed by atoms with van der Waals surface area (Å²) in [5.41, 5.74) is 0.542. The summed E-state index contributed by atoms with van der Waals surface area (Å²) in [7, 11) is 0. The number of ketones is 1. The number of carboxylic acids is 1. The zero-order chi connectivity index (χ0) is 13.0. The molecule has 0 aliphatic rings. The molecule has 0 amide bonds. The molecule has 2 aromatic rings. The summed E-state index contributed by atoms with van der Waals surface area (Å²) in [6.07, 6.45) is 4.15. The van der Waals surface area contributed by atoms with Crippen LogP contribution in [0.1, 0.15) is 20.8 Å². The van der Waals surface area contributed by atoms with Gasteiger partial charge in [-0.3, -0.25) is 9.78 Å². The highest BCUT2D eigenvalue weighted by molar-refractivity contribution is 5.95. The van der Waals surface area contributed by atoms with Crippen molar-refractivity contribution in [3.8, 4) is 0 Å². The molecule has 0 saturated heterocycles. The number of Topliss-reactive ketones (excluding diaryl/α,β-unsaturated/α-hetero) is 1. The lowest BCUT2D eigenvalue weighted by Gasteiger charge is -1.99. The molecule has 0 atom stereocenters. The van der Waals surface area contributed by atoms with Crippen LogP contribution in [0.5, 0.6) is 0 Å². The van der Waals surface area contributed by atoms with E-state index in [1.807, 2.05) is 6.07 Å². The quantitative estimate of drug-likeness (QED) is 0.641. The molecule has 0 fully saturated rings. The standard InChI is InChI=1S/C13H10N2O3/c16-12(10-4-2-1-3-5-10)9-15-7-6-14-8-11(15)13(17)18/h1-8H,9H2/p+1. The molecule has 1 aromatic heterocycles. The fourth-order valence-electron chi connectivity index (χ4n) is 1.57. The lowest BCUT2D eigenvalue weighted by molar-refractivity contribution is -0.686. The summed E-state index contributed by atoms with van der Waals surface area (Å²) in [4.78, 5) is 26.7. The van der Waals surface area contributed by atoms with Gasteiger partial charge in [0.25, 0.3) is 0 Å². The molecule has 0 aliphatic carbocycles. The van der Waals surface area contributed by atoms with Gasteiger partial charge in [0, 0.05) is 5.56 Å². The summed E-state index contributed by atoms with van der Waals surface area (Å²) in [6, 6.07) is 8.75. The van der Waals surface area contributed by atoms with Crippen LogP contribution < -0.4 is 4.57 Å². The number of aromatic carboxylic acids is 1. The number of carbonyl (C=O) groups excluding carboxylic acids is 1. The number of carboxylic acid groups (broad SMARTS) is 1. The second-order valence-electron chi connectivity index (χ2n) is 3.68. The zero-order valence-electron chi connectivity index (χ0n) is 9.48. The highest BCUT2D eigenvalue weighted by atomic mass is 16.4. The molecule has 90 valence electrons. The van der Waals surface area contributed by atoms with Gasteiger partial charge in [-0.25, -0.2) is 4.79 Å². The smallest absolute Gasteiger partial charge is 0.402 e. The maximum Gasteiger partial charge on any atom is 0.402 e. The van der Waals surface area contributed by atoms with Crippen LogP contribution in [-0.2, 0) is 6.54 Å². The Morgan fingerprint density at radius 3 is 2.61 bits per heavy atom. The van der Waals surface area contributed by atoms with Gasteiger partial charge in [0.05, 0.1) is 6.20 Å². The van der Waals surface area contributed by atoms with E-state index in [4.69, 9.17) is 5.11 Å². The molecule has 18 heavy (non-hydrogen) atoms. The van der Waals surface area contributed by atoms with Crippen LogP contribution in [-0.4, -0.2) is 21.8 Å². The van der Waals surface area contributed by atoms with Gasteiger partial charge in [0.2, 0.25) is 12.3 Å². The molecule has 1 N–H and O–H groups in total. The number of hydrogen-bond acceptors (Lipinski definition) is 3. The minimum atomic E-state index is -1.11. The average molecular weight is 243 g/mol. The van der Waals surface area contributed by atoms with Crippen molar-refractivity contribution < 1.29 is 19.3 Å². The third kappa shape index (κ3) is 2.57. The zero-order valence-corrected chi connectivity index (χ0v) is 9.48. The van der Waals surface area contributed by atoms with Crippen LogP contribution in [0, 0.1) is 0 Å². The molecule has 0 bridgehead atoms. The molecule has 1 heterocycles.